The van der Waals surface area contributed by atoms with E-state index in [-0.39, 0.29) is 25.5 Å². The zero-order chi connectivity index (χ0) is 17.8. The van der Waals surface area contributed by atoms with Crippen LogP contribution in [0.25, 0.3) is 0 Å². The quantitative estimate of drug-likeness (QED) is 0.634. The highest BCUT2D eigenvalue weighted by Crippen LogP contribution is 2.16. The fraction of sp³-hybridized carbons (Fsp3) is 0.769. The normalized spacial score (nSPS) is 18.8. The maximum atomic E-state index is 12.2. The molecule has 1 rings (SSSR count). The van der Waals surface area contributed by atoms with Gasteiger partial charge in [-0.25, -0.2) is 8.42 Å². The molecule has 9 nitrogen and oxygen atoms in total. The number of hydrogen-bond acceptors (Lipinski definition) is 5. The number of nitrogens with zero attached hydrogens (tertiary/aromatic N) is 3. The highest BCUT2D eigenvalue weighted by molar-refractivity contribution is 7.88. The molecule has 0 aliphatic carbocycles. The smallest absolute Gasteiger partial charge is 0.308 e. The maximum absolute atomic E-state index is 12.2. The predicted molar refractivity (Wildman–Crippen MR) is 82.1 cm³/mol. The van der Waals surface area contributed by atoms with Gasteiger partial charge in [-0.15, -0.1) is 0 Å². The van der Waals surface area contributed by atoms with Crippen LogP contribution in [0.1, 0.15) is 12.8 Å². The number of carboxylic acids is 1. The van der Waals surface area contributed by atoms with Gasteiger partial charge in [-0.05, 0) is 12.8 Å². The van der Waals surface area contributed by atoms with Crippen molar-refractivity contribution in [3.05, 3.63) is 0 Å². The Hall–Kier alpha value is -1.68. The Bertz CT molecular complexity index is 576. The Morgan fingerprint density at radius 3 is 2.35 bits per heavy atom. The van der Waals surface area contributed by atoms with Crippen molar-refractivity contribution < 1.29 is 27.9 Å². The molecule has 1 aliphatic heterocycles. The van der Waals surface area contributed by atoms with E-state index >= 15 is 0 Å². The molecule has 0 bridgehead atoms. The zero-order valence-corrected chi connectivity index (χ0v) is 14.4. The van der Waals surface area contributed by atoms with Gasteiger partial charge in [0.25, 0.3) is 0 Å². The van der Waals surface area contributed by atoms with Crippen LogP contribution in [0.5, 0.6) is 0 Å². The lowest BCUT2D eigenvalue weighted by Crippen LogP contribution is -2.48. The van der Waals surface area contributed by atoms with Crippen LogP contribution in [0.3, 0.4) is 0 Å². The number of sulfonamides is 1. The monoisotopic (exact) mass is 349 g/mol. The first kappa shape index (κ1) is 19.4. The van der Waals surface area contributed by atoms with Gasteiger partial charge in [0.05, 0.1) is 25.3 Å². The van der Waals surface area contributed by atoms with E-state index in [1.54, 1.807) is 0 Å². The molecule has 0 radical (unpaired) electrons. The van der Waals surface area contributed by atoms with Gasteiger partial charge in [-0.3, -0.25) is 14.4 Å². The topological polar surface area (TPSA) is 115 Å². The number of hydrogen-bond donors (Lipinski definition) is 1. The molecular formula is C13H23N3O6S. The van der Waals surface area contributed by atoms with Gasteiger partial charge in [0, 0.05) is 27.2 Å². The fourth-order valence-corrected chi connectivity index (χ4v) is 2.57. The number of amides is 2. The number of piperidine rings is 1. The number of carbonyl (C=O) groups is 3. The first-order valence-electron chi connectivity index (χ1n) is 7.18. The summed E-state index contributed by atoms with van der Waals surface area (Å²) in [5.74, 6) is -2.35. The predicted octanol–water partition coefficient (Wildman–Crippen LogP) is -1.34. The molecule has 1 fully saturated rings. The second kappa shape index (κ2) is 7.73. The van der Waals surface area contributed by atoms with Gasteiger partial charge in [-0.2, -0.15) is 4.31 Å². The van der Waals surface area contributed by atoms with Gasteiger partial charge < -0.3 is 14.9 Å². The molecule has 1 unspecified atom stereocenters. The van der Waals surface area contributed by atoms with Crippen molar-refractivity contribution in [2.75, 3.05) is 46.5 Å². The van der Waals surface area contributed by atoms with E-state index in [2.05, 4.69) is 0 Å². The highest BCUT2D eigenvalue weighted by Gasteiger charge is 2.29. The number of likely N-dealkylation sites (tertiary alicyclic amines) is 1. The molecule has 0 aromatic rings. The summed E-state index contributed by atoms with van der Waals surface area (Å²) in [6, 6.07) is 0. The van der Waals surface area contributed by atoms with Crippen LogP contribution >= 0.6 is 0 Å². The third-order valence-electron chi connectivity index (χ3n) is 3.85. The number of aliphatic carboxylic acids is 1. The second-order valence-electron chi connectivity index (χ2n) is 5.79. The van der Waals surface area contributed by atoms with Crippen molar-refractivity contribution in [1.82, 2.24) is 14.1 Å². The number of likely N-dealkylation sites (N-methyl/N-ethyl adjacent to an activating group) is 2. The summed E-state index contributed by atoms with van der Waals surface area (Å²) in [5.41, 5.74) is 0. The first-order chi connectivity index (χ1) is 10.5. The van der Waals surface area contributed by atoms with E-state index < -0.39 is 27.8 Å². The molecule has 23 heavy (non-hydrogen) atoms. The van der Waals surface area contributed by atoms with E-state index in [0.717, 1.165) is 15.5 Å². The van der Waals surface area contributed by atoms with Crippen molar-refractivity contribution in [3.8, 4) is 0 Å². The number of carbonyl (C=O) groups excluding carboxylic acids is 2. The highest BCUT2D eigenvalue weighted by atomic mass is 32.2. The SMILES string of the molecule is CN(CC(=O)N1CCCC(C(=O)O)C1)C(=O)CN(C)S(C)(=O)=O. The first-order valence-corrected chi connectivity index (χ1v) is 9.03. The average Bonchev–Trinajstić information content (AvgIpc) is 2.46. The van der Waals surface area contributed by atoms with Gasteiger partial charge in [0.2, 0.25) is 21.8 Å². The number of rotatable bonds is 6. The Labute approximate surface area is 135 Å². The molecule has 0 spiro atoms. The third kappa shape index (κ3) is 5.79. The van der Waals surface area contributed by atoms with Crippen molar-refractivity contribution in [1.29, 1.82) is 0 Å². The summed E-state index contributed by atoms with van der Waals surface area (Å²) in [4.78, 5) is 37.7. The van der Waals surface area contributed by atoms with E-state index in [9.17, 15) is 22.8 Å². The van der Waals surface area contributed by atoms with Crippen LogP contribution in [0, 0.1) is 5.92 Å². The molecule has 0 saturated carbocycles. The van der Waals surface area contributed by atoms with Gasteiger partial charge >= 0.3 is 5.97 Å². The summed E-state index contributed by atoms with van der Waals surface area (Å²) < 4.78 is 23.5. The van der Waals surface area contributed by atoms with Crippen molar-refractivity contribution >= 4 is 27.8 Å². The third-order valence-corrected chi connectivity index (χ3v) is 5.11. The van der Waals surface area contributed by atoms with Crippen LogP contribution in [-0.2, 0) is 24.4 Å². The zero-order valence-electron chi connectivity index (χ0n) is 13.6. The second-order valence-corrected chi connectivity index (χ2v) is 7.88. The van der Waals surface area contributed by atoms with Crippen LogP contribution in [0.4, 0.5) is 0 Å². The van der Waals surface area contributed by atoms with Crippen molar-refractivity contribution in [2.45, 2.75) is 12.8 Å². The minimum atomic E-state index is -3.47. The molecule has 1 aliphatic rings. The van der Waals surface area contributed by atoms with E-state index in [0.29, 0.717) is 19.4 Å². The Morgan fingerprint density at radius 1 is 1.22 bits per heavy atom. The minimum absolute atomic E-state index is 0.138. The van der Waals surface area contributed by atoms with Crippen molar-refractivity contribution in [3.63, 3.8) is 0 Å². The average molecular weight is 349 g/mol. The summed E-state index contributed by atoms with van der Waals surface area (Å²) in [6.07, 6.45) is 2.13. The van der Waals surface area contributed by atoms with Crippen LogP contribution in [0.15, 0.2) is 0 Å². The largest absolute Gasteiger partial charge is 0.481 e. The van der Waals surface area contributed by atoms with Gasteiger partial charge in [0.15, 0.2) is 0 Å². The van der Waals surface area contributed by atoms with Crippen LogP contribution in [0.2, 0.25) is 0 Å². The molecule has 1 saturated heterocycles. The van der Waals surface area contributed by atoms with Gasteiger partial charge in [-0.1, -0.05) is 0 Å². The van der Waals surface area contributed by atoms with E-state index in [1.165, 1.54) is 19.0 Å². The maximum Gasteiger partial charge on any atom is 0.308 e. The lowest BCUT2D eigenvalue weighted by molar-refractivity contribution is -0.147. The Balaban J connectivity index is 2.56. The van der Waals surface area contributed by atoms with Crippen molar-refractivity contribution in [2.24, 2.45) is 5.92 Å². The molecule has 1 N–H and O–H groups in total. The van der Waals surface area contributed by atoms with E-state index in [1.807, 2.05) is 0 Å². The van der Waals surface area contributed by atoms with E-state index in [4.69, 9.17) is 5.11 Å². The molecule has 1 atom stereocenters. The standard InChI is InChI=1S/C13H23N3O6S/c1-14(11(17)9-15(2)23(3,21)22)8-12(18)16-6-4-5-10(7-16)13(19)20/h10H,4-9H2,1-3H3,(H,19,20). The van der Waals surface area contributed by atoms with Crippen LogP contribution < -0.4 is 0 Å². The van der Waals surface area contributed by atoms with Gasteiger partial charge in [0.1, 0.15) is 0 Å². The lowest BCUT2D eigenvalue weighted by Gasteiger charge is -2.32. The Morgan fingerprint density at radius 2 is 1.83 bits per heavy atom. The summed E-state index contributed by atoms with van der Waals surface area (Å²) in [5, 5.41) is 9.02. The summed E-state index contributed by atoms with van der Waals surface area (Å²) in [7, 11) is -0.778. The molecule has 132 valence electrons. The Kier molecular flexibility index (Phi) is 6.51. The molecule has 2 amide bonds. The molecule has 10 heteroatoms. The number of carboxylic acid groups (broad SMARTS) is 1. The molecule has 0 aromatic carbocycles. The van der Waals surface area contributed by atoms with Crippen LogP contribution in [-0.4, -0.2) is 91.9 Å². The minimum Gasteiger partial charge on any atom is -0.481 e. The molecule has 0 aromatic heterocycles. The molecule has 1 heterocycles. The summed E-state index contributed by atoms with van der Waals surface area (Å²) >= 11 is 0. The lowest BCUT2D eigenvalue weighted by atomic mass is 9.98. The summed E-state index contributed by atoms with van der Waals surface area (Å²) in [6.45, 7) is 0.0520. The molecular weight excluding hydrogens is 326 g/mol. The fourth-order valence-electron chi connectivity index (χ4n) is 2.22.